The predicted octanol–water partition coefficient (Wildman–Crippen LogP) is 3.31. The average Bonchev–Trinajstić information content (AvgIpc) is 3.06. The van der Waals surface area contributed by atoms with Crippen molar-refractivity contribution in [1.82, 2.24) is 14.9 Å². The standard InChI is InChI=1S/C19H20N4O2/c1-23(16-3-2-4-16)11-19(24)22-18-8-15-7-13(17-10-20-12-25-17)5-6-14(15)9-21-18/h5-10,12,16H,2-4,11H2,1H3,(H,21,22,24). The Labute approximate surface area is 145 Å². The second kappa shape index (κ2) is 6.64. The highest BCUT2D eigenvalue weighted by molar-refractivity contribution is 5.94. The molecule has 1 amide bonds. The van der Waals surface area contributed by atoms with E-state index in [1.807, 2.05) is 31.3 Å². The quantitative estimate of drug-likeness (QED) is 0.774. The van der Waals surface area contributed by atoms with Crippen LogP contribution in [-0.2, 0) is 4.79 Å². The van der Waals surface area contributed by atoms with E-state index in [4.69, 9.17) is 4.42 Å². The molecule has 6 heteroatoms. The molecule has 4 rings (SSSR count). The van der Waals surface area contributed by atoms with Gasteiger partial charge in [0.2, 0.25) is 5.91 Å². The first-order chi connectivity index (χ1) is 12.2. The molecule has 0 atom stereocenters. The van der Waals surface area contributed by atoms with Crippen LogP contribution in [0.15, 0.2) is 47.5 Å². The van der Waals surface area contributed by atoms with Gasteiger partial charge in [-0.15, -0.1) is 0 Å². The number of benzene rings is 1. The van der Waals surface area contributed by atoms with E-state index in [-0.39, 0.29) is 5.91 Å². The van der Waals surface area contributed by atoms with Crippen molar-refractivity contribution in [3.05, 3.63) is 43.1 Å². The number of fused-ring (bicyclic) bond motifs is 1. The molecule has 2 heterocycles. The molecule has 128 valence electrons. The summed E-state index contributed by atoms with van der Waals surface area (Å²) in [4.78, 5) is 22.6. The molecule has 0 radical (unpaired) electrons. The van der Waals surface area contributed by atoms with Crippen molar-refractivity contribution in [3.8, 4) is 11.3 Å². The Bertz CT molecular complexity index is 888. The average molecular weight is 336 g/mol. The number of rotatable bonds is 5. The number of carbonyl (C=O) groups is 1. The maximum Gasteiger partial charge on any atom is 0.239 e. The molecular formula is C19H20N4O2. The number of oxazole rings is 1. The second-order valence-electron chi connectivity index (χ2n) is 6.55. The summed E-state index contributed by atoms with van der Waals surface area (Å²) < 4.78 is 5.34. The van der Waals surface area contributed by atoms with Gasteiger partial charge in [-0.1, -0.05) is 18.6 Å². The van der Waals surface area contributed by atoms with Gasteiger partial charge in [-0.2, -0.15) is 0 Å². The van der Waals surface area contributed by atoms with E-state index in [1.165, 1.54) is 25.7 Å². The zero-order valence-corrected chi connectivity index (χ0v) is 14.1. The Morgan fingerprint density at radius 2 is 2.16 bits per heavy atom. The molecule has 6 nitrogen and oxygen atoms in total. The fourth-order valence-electron chi connectivity index (χ4n) is 3.09. The van der Waals surface area contributed by atoms with E-state index >= 15 is 0 Å². The number of amides is 1. The van der Waals surface area contributed by atoms with E-state index in [1.54, 1.807) is 12.4 Å². The molecule has 1 aliphatic rings. The first kappa shape index (κ1) is 15.8. The minimum absolute atomic E-state index is 0.0346. The highest BCUT2D eigenvalue weighted by Gasteiger charge is 2.23. The molecule has 1 saturated carbocycles. The summed E-state index contributed by atoms with van der Waals surface area (Å²) in [5.41, 5.74) is 0.943. The molecule has 3 aromatic rings. The summed E-state index contributed by atoms with van der Waals surface area (Å²) in [6.45, 7) is 0.391. The maximum absolute atomic E-state index is 12.2. The lowest BCUT2D eigenvalue weighted by Crippen LogP contribution is -2.41. The number of hydrogen-bond donors (Lipinski definition) is 1. The minimum atomic E-state index is -0.0346. The van der Waals surface area contributed by atoms with E-state index < -0.39 is 0 Å². The number of aromatic nitrogens is 2. The van der Waals surface area contributed by atoms with E-state index in [9.17, 15) is 4.79 Å². The molecule has 0 spiro atoms. The number of pyridine rings is 1. The zero-order valence-electron chi connectivity index (χ0n) is 14.1. The van der Waals surface area contributed by atoms with E-state index in [0.717, 1.165) is 16.3 Å². The minimum Gasteiger partial charge on any atom is -0.444 e. The van der Waals surface area contributed by atoms with Crippen molar-refractivity contribution in [2.24, 2.45) is 0 Å². The number of anilines is 1. The first-order valence-corrected chi connectivity index (χ1v) is 8.48. The molecule has 1 N–H and O–H groups in total. The molecule has 1 aliphatic carbocycles. The van der Waals surface area contributed by atoms with Gasteiger partial charge in [-0.05, 0) is 37.4 Å². The molecule has 0 unspecified atom stereocenters. The Morgan fingerprint density at radius 3 is 2.88 bits per heavy atom. The van der Waals surface area contributed by atoms with Crippen LogP contribution in [0.1, 0.15) is 19.3 Å². The van der Waals surface area contributed by atoms with Gasteiger partial charge in [0.05, 0.1) is 12.7 Å². The first-order valence-electron chi connectivity index (χ1n) is 8.48. The van der Waals surface area contributed by atoms with Crippen molar-refractivity contribution >= 4 is 22.5 Å². The van der Waals surface area contributed by atoms with E-state index in [0.29, 0.717) is 24.2 Å². The number of hydrogen-bond acceptors (Lipinski definition) is 5. The van der Waals surface area contributed by atoms with Crippen LogP contribution in [0.3, 0.4) is 0 Å². The second-order valence-corrected chi connectivity index (χ2v) is 6.55. The lowest BCUT2D eigenvalue weighted by Gasteiger charge is -2.34. The van der Waals surface area contributed by atoms with Gasteiger partial charge in [0.1, 0.15) is 5.82 Å². The molecule has 0 aliphatic heterocycles. The van der Waals surface area contributed by atoms with Crippen LogP contribution < -0.4 is 5.32 Å². The largest absolute Gasteiger partial charge is 0.444 e. The van der Waals surface area contributed by atoms with Crippen LogP contribution in [0.5, 0.6) is 0 Å². The van der Waals surface area contributed by atoms with Crippen molar-refractivity contribution in [1.29, 1.82) is 0 Å². The highest BCUT2D eigenvalue weighted by Crippen LogP contribution is 2.25. The molecule has 1 fully saturated rings. The Kier molecular flexibility index (Phi) is 4.19. The van der Waals surface area contributed by atoms with Crippen molar-refractivity contribution < 1.29 is 9.21 Å². The normalized spacial score (nSPS) is 14.6. The van der Waals surface area contributed by atoms with Gasteiger partial charge in [-0.25, -0.2) is 9.97 Å². The Hall–Kier alpha value is -2.73. The van der Waals surface area contributed by atoms with E-state index in [2.05, 4.69) is 20.2 Å². The number of nitrogens with one attached hydrogen (secondary N) is 1. The van der Waals surface area contributed by atoms with Crippen LogP contribution in [0.2, 0.25) is 0 Å². The van der Waals surface area contributed by atoms with Crippen LogP contribution in [-0.4, -0.2) is 40.4 Å². The van der Waals surface area contributed by atoms with Gasteiger partial charge in [0.15, 0.2) is 12.2 Å². The highest BCUT2D eigenvalue weighted by atomic mass is 16.3. The summed E-state index contributed by atoms with van der Waals surface area (Å²) in [7, 11) is 2.00. The van der Waals surface area contributed by atoms with Gasteiger partial charge in [0.25, 0.3) is 0 Å². The number of likely N-dealkylation sites (N-methyl/N-ethyl adjacent to an activating group) is 1. The fourth-order valence-corrected chi connectivity index (χ4v) is 3.09. The maximum atomic E-state index is 12.2. The van der Waals surface area contributed by atoms with Crippen molar-refractivity contribution in [2.75, 3.05) is 18.9 Å². The fraction of sp³-hybridized carbons (Fsp3) is 0.316. The van der Waals surface area contributed by atoms with Gasteiger partial charge < -0.3 is 9.73 Å². The summed E-state index contributed by atoms with van der Waals surface area (Å²) in [5, 5.41) is 4.89. The van der Waals surface area contributed by atoms with Gasteiger partial charge >= 0.3 is 0 Å². The number of nitrogens with zero attached hydrogens (tertiary/aromatic N) is 3. The lowest BCUT2D eigenvalue weighted by atomic mass is 9.92. The summed E-state index contributed by atoms with van der Waals surface area (Å²) >= 11 is 0. The molecule has 1 aromatic carbocycles. The zero-order chi connectivity index (χ0) is 17.2. The molecule has 0 saturated heterocycles. The SMILES string of the molecule is CN(CC(=O)Nc1cc2cc(-c3cnco3)ccc2cn1)C1CCC1. The lowest BCUT2D eigenvalue weighted by molar-refractivity contribution is -0.117. The molecular weight excluding hydrogens is 316 g/mol. The molecule has 0 bridgehead atoms. The van der Waals surface area contributed by atoms with Crippen molar-refractivity contribution in [2.45, 2.75) is 25.3 Å². The van der Waals surface area contributed by atoms with Crippen LogP contribution >= 0.6 is 0 Å². The predicted molar refractivity (Wildman–Crippen MR) is 96.1 cm³/mol. The molecule has 2 aromatic heterocycles. The van der Waals surface area contributed by atoms with Crippen LogP contribution in [0.25, 0.3) is 22.1 Å². The molecule has 25 heavy (non-hydrogen) atoms. The monoisotopic (exact) mass is 336 g/mol. The Balaban J connectivity index is 1.50. The van der Waals surface area contributed by atoms with Crippen molar-refractivity contribution in [3.63, 3.8) is 0 Å². The summed E-state index contributed by atoms with van der Waals surface area (Å²) in [6.07, 6.45) is 8.49. The smallest absolute Gasteiger partial charge is 0.239 e. The summed E-state index contributed by atoms with van der Waals surface area (Å²) in [5.74, 6) is 1.24. The van der Waals surface area contributed by atoms with Crippen LogP contribution in [0.4, 0.5) is 5.82 Å². The van der Waals surface area contributed by atoms with Gasteiger partial charge in [-0.3, -0.25) is 9.69 Å². The summed E-state index contributed by atoms with van der Waals surface area (Å²) in [6, 6.07) is 8.39. The van der Waals surface area contributed by atoms with Crippen LogP contribution in [0, 0.1) is 0 Å². The van der Waals surface area contributed by atoms with Gasteiger partial charge in [0, 0.05) is 23.2 Å². The topological polar surface area (TPSA) is 71.3 Å². The number of carbonyl (C=O) groups excluding carboxylic acids is 1. The third kappa shape index (κ3) is 3.39. The third-order valence-electron chi connectivity index (χ3n) is 4.80. The Morgan fingerprint density at radius 1 is 1.28 bits per heavy atom. The third-order valence-corrected chi connectivity index (χ3v) is 4.80.